The number of carbonyl (C=O) groups excluding carboxylic acids is 2. The smallest absolute Gasteiger partial charge is 0.328 e. The second-order valence-electron chi connectivity index (χ2n) is 3.69. The molecule has 1 heterocycles. The van der Waals surface area contributed by atoms with Crippen LogP contribution >= 0.6 is 0 Å². The molecule has 1 fully saturated rings. The summed E-state index contributed by atoms with van der Waals surface area (Å²) in [5.74, 6) is -0.446. The van der Waals surface area contributed by atoms with Crippen LogP contribution < -0.4 is 0 Å². The van der Waals surface area contributed by atoms with Gasteiger partial charge in [0.1, 0.15) is 6.04 Å². The molecular formula is C12H13NO3. The summed E-state index contributed by atoms with van der Waals surface area (Å²) in [5.41, 5.74) is 0.608. The van der Waals surface area contributed by atoms with E-state index in [2.05, 4.69) is 4.74 Å². The molecule has 84 valence electrons. The lowest BCUT2D eigenvalue weighted by atomic mass is 10.0. The molecular weight excluding hydrogens is 206 g/mol. The van der Waals surface area contributed by atoms with Gasteiger partial charge in [0.2, 0.25) is 0 Å². The SMILES string of the molecule is COC(=O)[C@@H]1CCN1C(=O)c1ccccc1. The first-order valence-electron chi connectivity index (χ1n) is 5.18. The summed E-state index contributed by atoms with van der Waals surface area (Å²) < 4.78 is 4.64. The van der Waals surface area contributed by atoms with Crippen molar-refractivity contribution in [3.8, 4) is 0 Å². The highest BCUT2D eigenvalue weighted by atomic mass is 16.5. The minimum atomic E-state index is -0.405. The Balaban J connectivity index is 2.09. The third kappa shape index (κ3) is 1.78. The van der Waals surface area contributed by atoms with E-state index in [-0.39, 0.29) is 11.9 Å². The van der Waals surface area contributed by atoms with Gasteiger partial charge in [-0.05, 0) is 18.6 Å². The fourth-order valence-corrected chi connectivity index (χ4v) is 1.76. The molecule has 0 N–H and O–H groups in total. The van der Waals surface area contributed by atoms with Gasteiger partial charge in [0.25, 0.3) is 5.91 Å². The summed E-state index contributed by atoms with van der Waals surface area (Å²) in [6.07, 6.45) is 0.686. The highest BCUT2D eigenvalue weighted by molar-refractivity contribution is 5.97. The zero-order valence-electron chi connectivity index (χ0n) is 9.05. The van der Waals surface area contributed by atoms with Crippen LogP contribution in [-0.4, -0.2) is 36.5 Å². The van der Waals surface area contributed by atoms with Gasteiger partial charge in [-0.1, -0.05) is 18.2 Å². The van der Waals surface area contributed by atoms with E-state index in [1.807, 2.05) is 6.07 Å². The number of carbonyl (C=O) groups is 2. The zero-order valence-corrected chi connectivity index (χ0v) is 9.05. The van der Waals surface area contributed by atoms with E-state index < -0.39 is 6.04 Å². The normalized spacial score (nSPS) is 18.8. The molecule has 0 unspecified atom stereocenters. The molecule has 0 aromatic heterocycles. The van der Waals surface area contributed by atoms with Gasteiger partial charge >= 0.3 is 5.97 Å². The molecule has 4 nitrogen and oxygen atoms in total. The van der Waals surface area contributed by atoms with Crippen LogP contribution in [0.25, 0.3) is 0 Å². The van der Waals surface area contributed by atoms with E-state index in [1.54, 1.807) is 29.2 Å². The minimum Gasteiger partial charge on any atom is -0.467 e. The van der Waals surface area contributed by atoms with Crippen molar-refractivity contribution in [3.63, 3.8) is 0 Å². The van der Waals surface area contributed by atoms with Crippen LogP contribution in [-0.2, 0) is 9.53 Å². The maximum Gasteiger partial charge on any atom is 0.328 e. The lowest BCUT2D eigenvalue weighted by Crippen LogP contribution is -2.55. The molecule has 1 aliphatic heterocycles. The third-order valence-corrected chi connectivity index (χ3v) is 2.77. The number of rotatable bonds is 2. The first kappa shape index (κ1) is 10.7. The molecule has 1 saturated heterocycles. The van der Waals surface area contributed by atoms with E-state index >= 15 is 0 Å². The third-order valence-electron chi connectivity index (χ3n) is 2.77. The number of hydrogen-bond acceptors (Lipinski definition) is 3. The van der Waals surface area contributed by atoms with Gasteiger partial charge in [0.05, 0.1) is 7.11 Å². The van der Waals surface area contributed by atoms with Crippen LogP contribution in [0.1, 0.15) is 16.8 Å². The Hall–Kier alpha value is -1.84. The van der Waals surface area contributed by atoms with Crippen molar-refractivity contribution in [3.05, 3.63) is 35.9 Å². The lowest BCUT2D eigenvalue weighted by Gasteiger charge is -2.38. The Morgan fingerprint density at radius 3 is 2.50 bits per heavy atom. The number of esters is 1. The molecule has 16 heavy (non-hydrogen) atoms. The average molecular weight is 219 g/mol. The Labute approximate surface area is 93.8 Å². The molecule has 2 rings (SSSR count). The predicted octanol–water partition coefficient (Wildman–Crippen LogP) is 1.07. The number of likely N-dealkylation sites (tertiary alicyclic amines) is 1. The number of ether oxygens (including phenoxy) is 1. The number of hydrogen-bond donors (Lipinski definition) is 0. The van der Waals surface area contributed by atoms with Crippen molar-refractivity contribution in [2.75, 3.05) is 13.7 Å². The van der Waals surface area contributed by atoms with Crippen LogP contribution in [0.3, 0.4) is 0 Å². The zero-order chi connectivity index (χ0) is 11.5. The molecule has 0 radical (unpaired) electrons. The first-order valence-corrected chi connectivity index (χ1v) is 5.18. The second-order valence-corrected chi connectivity index (χ2v) is 3.69. The first-order chi connectivity index (χ1) is 7.74. The molecule has 1 atom stereocenters. The van der Waals surface area contributed by atoms with Gasteiger partial charge in [0.15, 0.2) is 0 Å². The Kier molecular flexibility index (Phi) is 2.90. The maximum absolute atomic E-state index is 12.0. The fraction of sp³-hybridized carbons (Fsp3) is 0.333. The Morgan fingerprint density at radius 1 is 1.31 bits per heavy atom. The number of methoxy groups -OCH3 is 1. The second kappa shape index (κ2) is 4.35. The van der Waals surface area contributed by atoms with Crippen LogP contribution in [0.5, 0.6) is 0 Å². The van der Waals surface area contributed by atoms with E-state index in [4.69, 9.17) is 0 Å². The van der Waals surface area contributed by atoms with Crippen molar-refractivity contribution in [1.29, 1.82) is 0 Å². The molecule has 4 heteroatoms. The van der Waals surface area contributed by atoms with E-state index in [1.165, 1.54) is 7.11 Å². The summed E-state index contributed by atoms with van der Waals surface area (Å²) in [6, 6.07) is 8.55. The highest BCUT2D eigenvalue weighted by Crippen LogP contribution is 2.21. The van der Waals surface area contributed by atoms with Gasteiger partial charge in [-0.25, -0.2) is 4.79 Å². The van der Waals surface area contributed by atoms with Gasteiger partial charge in [0, 0.05) is 12.1 Å². The standard InChI is InChI=1S/C12H13NO3/c1-16-12(15)10-7-8-13(10)11(14)9-5-3-2-4-6-9/h2-6,10H,7-8H2,1H3/t10-/m0/s1. The van der Waals surface area contributed by atoms with E-state index in [9.17, 15) is 9.59 Å². The summed E-state index contributed by atoms with van der Waals surface area (Å²) in [7, 11) is 1.34. The van der Waals surface area contributed by atoms with Crippen molar-refractivity contribution in [1.82, 2.24) is 4.90 Å². The lowest BCUT2D eigenvalue weighted by molar-refractivity contribution is -0.149. The Morgan fingerprint density at radius 2 is 2.00 bits per heavy atom. The molecule has 1 aliphatic rings. The van der Waals surface area contributed by atoms with Crippen molar-refractivity contribution in [2.45, 2.75) is 12.5 Å². The highest BCUT2D eigenvalue weighted by Gasteiger charge is 2.38. The minimum absolute atomic E-state index is 0.109. The molecule has 0 aliphatic carbocycles. The van der Waals surface area contributed by atoms with Crippen LogP contribution in [0.2, 0.25) is 0 Å². The number of nitrogens with zero attached hydrogens (tertiary/aromatic N) is 1. The van der Waals surface area contributed by atoms with Crippen LogP contribution in [0.4, 0.5) is 0 Å². The van der Waals surface area contributed by atoms with Crippen molar-refractivity contribution >= 4 is 11.9 Å². The fourth-order valence-electron chi connectivity index (χ4n) is 1.76. The predicted molar refractivity (Wildman–Crippen MR) is 57.9 cm³/mol. The van der Waals surface area contributed by atoms with Crippen LogP contribution in [0, 0.1) is 0 Å². The van der Waals surface area contributed by atoms with Gasteiger partial charge in [-0.15, -0.1) is 0 Å². The van der Waals surface area contributed by atoms with Crippen LogP contribution in [0.15, 0.2) is 30.3 Å². The molecule has 1 aromatic rings. The van der Waals surface area contributed by atoms with Gasteiger partial charge < -0.3 is 9.64 Å². The summed E-state index contributed by atoms with van der Waals surface area (Å²) in [6.45, 7) is 0.619. The average Bonchev–Trinajstić information content (AvgIpc) is 2.28. The van der Waals surface area contributed by atoms with E-state index in [0.29, 0.717) is 18.5 Å². The molecule has 0 saturated carbocycles. The van der Waals surface area contributed by atoms with Crippen molar-refractivity contribution in [2.24, 2.45) is 0 Å². The van der Waals surface area contributed by atoms with Gasteiger partial charge in [-0.2, -0.15) is 0 Å². The monoisotopic (exact) mass is 219 g/mol. The summed E-state index contributed by atoms with van der Waals surface area (Å²) in [5, 5.41) is 0. The largest absolute Gasteiger partial charge is 0.467 e. The van der Waals surface area contributed by atoms with E-state index in [0.717, 1.165) is 0 Å². The quantitative estimate of drug-likeness (QED) is 0.699. The molecule has 0 spiro atoms. The summed E-state index contributed by atoms with van der Waals surface area (Å²) >= 11 is 0. The summed E-state index contributed by atoms with van der Waals surface area (Å²) in [4.78, 5) is 24.8. The van der Waals surface area contributed by atoms with Crippen molar-refractivity contribution < 1.29 is 14.3 Å². The number of amides is 1. The van der Waals surface area contributed by atoms with Gasteiger partial charge in [-0.3, -0.25) is 4.79 Å². The maximum atomic E-state index is 12.0. The molecule has 1 aromatic carbocycles. The Bertz CT molecular complexity index is 402. The number of benzene rings is 1. The molecule has 1 amide bonds. The molecule has 0 bridgehead atoms. The topological polar surface area (TPSA) is 46.6 Å².